The Bertz CT molecular complexity index is 501. The van der Waals surface area contributed by atoms with Gasteiger partial charge in [0.05, 0.1) is 11.8 Å². The number of nitrogen functional groups attached to an aromatic ring is 1. The Morgan fingerprint density at radius 1 is 1.50 bits per heavy atom. The van der Waals surface area contributed by atoms with E-state index in [0.29, 0.717) is 11.4 Å². The van der Waals surface area contributed by atoms with Crippen LogP contribution in [-0.2, 0) is 0 Å². The van der Waals surface area contributed by atoms with Gasteiger partial charge in [0.25, 0.3) is 0 Å². The average Bonchev–Trinajstić information content (AvgIpc) is 2.52. The molecule has 2 aromatic heterocycles. The minimum atomic E-state index is -0.865. The number of pyridine rings is 1. The molecule has 0 fully saturated rings. The smallest absolute Gasteiger partial charge is 0.240 e. The van der Waals surface area contributed by atoms with E-state index in [2.05, 4.69) is 10.1 Å². The zero-order valence-corrected chi connectivity index (χ0v) is 9.21. The molecule has 0 radical (unpaired) electrons. The Kier molecular flexibility index (Phi) is 2.43. The number of hydrogen-bond acceptors (Lipinski definition) is 5. The second-order valence-corrected chi connectivity index (χ2v) is 4.24. The fourth-order valence-corrected chi connectivity index (χ4v) is 1.23. The fourth-order valence-electron chi connectivity index (χ4n) is 1.23. The highest BCUT2D eigenvalue weighted by molar-refractivity contribution is 5.43. The summed E-state index contributed by atoms with van der Waals surface area (Å²) >= 11 is 0. The van der Waals surface area contributed by atoms with Gasteiger partial charge in [-0.15, -0.1) is 5.10 Å². The van der Waals surface area contributed by atoms with Gasteiger partial charge >= 0.3 is 0 Å². The maximum absolute atomic E-state index is 9.52. The number of anilines is 1. The van der Waals surface area contributed by atoms with E-state index in [1.54, 1.807) is 32.2 Å². The molecule has 86 valence electrons. The van der Waals surface area contributed by atoms with Crippen LogP contribution in [0.4, 0.5) is 5.95 Å². The Labute approximate surface area is 92.7 Å². The van der Waals surface area contributed by atoms with Crippen LogP contribution in [0.25, 0.3) is 5.65 Å². The second kappa shape index (κ2) is 3.64. The molecule has 0 aromatic carbocycles. The lowest BCUT2D eigenvalue weighted by atomic mass is 10.2. The topological polar surface area (TPSA) is 85.7 Å². The van der Waals surface area contributed by atoms with Crippen molar-refractivity contribution in [1.29, 1.82) is 0 Å². The quantitative estimate of drug-likeness (QED) is 0.788. The van der Waals surface area contributed by atoms with E-state index in [4.69, 9.17) is 10.5 Å². The van der Waals surface area contributed by atoms with Crippen LogP contribution < -0.4 is 10.5 Å². The molecule has 0 aliphatic carbocycles. The van der Waals surface area contributed by atoms with Crippen LogP contribution >= 0.6 is 0 Å². The molecule has 0 unspecified atom stereocenters. The summed E-state index contributed by atoms with van der Waals surface area (Å²) in [7, 11) is 0. The number of nitrogens with two attached hydrogens (primary N) is 1. The van der Waals surface area contributed by atoms with Gasteiger partial charge in [0.1, 0.15) is 12.4 Å². The minimum absolute atomic E-state index is 0.211. The number of aromatic nitrogens is 3. The van der Waals surface area contributed by atoms with Crippen molar-refractivity contribution in [2.75, 3.05) is 12.3 Å². The molecule has 0 aliphatic heterocycles. The zero-order chi connectivity index (χ0) is 11.8. The number of rotatable bonds is 3. The number of nitrogens with zero attached hydrogens (tertiary/aromatic N) is 3. The summed E-state index contributed by atoms with van der Waals surface area (Å²) in [5.41, 5.74) is 5.26. The molecule has 0 saturated carbocycles. The van der Waals surface area contributed by atoms with Crippen molar-refractivity contribution in [2.24, 2.45) is 0 Å². The largest absolute Gasteiger partial charge is 0.489 e. The van der Waals surface area contributed by atoms with Crippen molar-refractivity contribution in [3.05, 3.63) is 18.3 Å². The predicted octanol–water partition coefficient (Wildman–Crippen LogP) is 0.461. The third-order valence-electron chi connectivity index (χ3n) is 1.91. The average molecular weight is 222 g/mol. The molecule has 0 spiro atoms. The first kappa shape index (κ1) is 10.7. The first-order chi connectivity index (χ1) is 7.44. The molecule has 0 atom stereocenters. The molecule has 2 heterocycles. The molecule has 0 amide bonds. The normalized spacial score (nSPS) is 11.9. The first-order valence-corrected chi connectivity index (χ1v) is 4.91. The lowest BCUT2D eigenvalue weighted by molar-refractivity contribution is 0.0283. The lowest BCUT2D eigenvalue weighted by Crippen LogP contribution is -2.27. The maximum Gasteiger partial charge on any atom is 0.240 e. The van der Waals surface area contributed by atoms with Crippen molar-refractivity contribution in [3.63, 3.8) is 0 Å². The van der Waals surface area contributed by atoms with Gasteiger partial charge in [-0.2, -0.15) is 4.98 Å². The van der Waals surface area contributed by atoms with Gasteiger partial charge in [-0.05, 0) is 26.0 Å². The van der Waals surface area contributed by atoms with Crippen LogP contribution in [-0.4, -0.2) is 31.9 Å². The van der Waals surface area contributed by atoms with Gasteiger partial charge in [0.2, 0.25) is 5.95 Å². The molecule has 6 heteroatoms. The highest BCUT2D eigenvalue weighted by Gasteiger charge is 2.13. The summed E-state index contributed by atoms with van der Waals surface area (Å²) in [6.45, 7) is 3.57. The molecule has 2 aromatic rings. The van der Waals surface area contributed by atoms with E-state index in [0.717, 1.165) is 0 Å². The van der Waals surface area contributed by atoms with Crippen LogP contribution in [0.15, 0.2) is 18.3 Å². The van der Waals surface area contributed by atoms with Gasteiger partial charge in [-0.25, -0.2) is 4.52 Å². The summed E-state index contributed by atoms with van der Waals surface area (Å²) < 4.78 is 6.95. The molecule has 6 nitrogen and oxygen atoms in total. The third kappa shape index (κ3) is 2.40. The summed E-state index contributed by atoms with van der Waals surface area (Å²) in [4.78, 5) is 3.99. The third-order valence-corrected chi connectivity index (χ3v) is 1.91. The molecular formula is C10H14N4O2. The predicted molar refractivity (Wildman–Crippen MR) is 59.2 cm³/mol. The molecule has 16 heavy (non-hydrogen) atoms. The molecule has 0 aliphatic rings. The van der Waals surface area contributed by atoms with E-state index in [9.17, 15) is 5.11 Å². The van der Waals surface area contributed by atoms with E-state index in [1.165, 1.54) is 4.52 Å². The van der Waals surface area contributed by atoms with Gasteiger partial charge in [-0.1, -0.05) is 0 Å². The monoisotopic (exact) mass is 222 g/mol. The second-order valence-electron chi connectivity index (χ2n) is 4.24. The SMILES string of the molecule is CC(C)(O)COc1ccc2nc(N)nn2c1. The molecule has 0 saturated heterocycles. The van der Waals surface area contributed by atoms with E-state index in [-0.39, 0.29) is 12.6 Å². The van der Waals surface area contributed by atoms with Gasteiger partial charge in [0, 0.05) is 0 Å². The molecule has 2 rings (SSSR count). The summed E-state index contributed by atoms with van der Waals surface area (Å²) in [6, 6.07) is 3.51. The number of ether oxygens (including phenoxy) is 1. The number of fused-ring (bicyclic) bond motifs is 1. The lowest BCUT2D eigenvalue weighted by Gasteiger charge is -2.17. The highest BCUT2D eigenvalue weighted by Crippen LogP contribution is 2.14. The highest BCUT2D eigenvalue weighted by atomic mass is 16.5. The van der Waals surface area contributed by atoms with Crippen LogP contribution in [0.5, 0.6) is 5.75 Å². The van der Waals surface area contributed by atoms with Crippen molar-refractivity contribution in [3.8, 4) is 5.75 Å². The summed E-state index contributed by atoms with van der Waals surface area (Å²) in [5.74, 6) is 0.833. The van der Waals surface area contributed by atoms with E-state index in [1.807, 2.05) is 0 Å². The van der Waals surface area contributed by atoms with Crippen molar-refractivity contribution >= 4 is 11.6 Å². The Balaban J connectivity index is 2.19. The van der Waals surface area contributed by atoms with Gasteiger partial charge in [0.15, 0.2) is 5.65 Å². The Morgan fingerprint density at radius 3 is 2.94 bits per heavy atom. The summed E-state index contributed by atoms with van der Waals surface area (Å²) in [5, 5.41) is 13.5. The van der Waals surface area contributed by atoms with Crippen molar-refractivity contribution < 1.29 is 9.84 Å². The first-order valence-electron chi connectivity index (χ1n) is 4.91. The maximum atomic E-state index is 9.52. The van der Waals surface area contributed by atoms with Crippen LogP contribution in [0, 0.1) is 0 Å². The van der Waals surface area contributed by atoms with Gasteiger partial charge < -0.3 is 15.6 Å². The molecular weight excluding hydrogens is 208 g/mol. The van der Waals surface area contributed by atoms with Crippen LogP contribution in [0.2, 0.25) is 0 Å². The number of hydrogen-bond donors (Lipinski definition) is 2. The zero-order valence-electron chi connectivity index (χ0n) is 9.21. The minimum Gasteiger partial charge on any atom is -0.489 e. The standard InChI is InChI=1S/C10H14N4O2/c1-10(2,15)6-16-7-3-4-8-12-9(11)13-14(8)5-7/h3-5,15H,6H2,1-2H3,(H2,11,13). The number of aliphatic hydroxyl groups is 1. The molecule has 0 bridgehead atoms. The molecule has 3 N–H and O–H groups in total. The van der Waals surface area contributed by atoms with Crippen molar-refractivity contribution in [2.45, 2.75) is 19.4 Å². The van der Waals surface area contributed by atoms with E-state index < -0.39 is 5.60 Å². The fraction of sp³-hybridized carbons (Fsp3) is 0.400. The van der Waals surface area contributed by atoms with Crippen LogP contribution in [0.3, 0.4) is 0 Å². The van der Waals surface area contributed by atoms with E-state index >= 15 is 0 Å². The van der Waals surface area contributed by atoms with Crippen LogP contribution in [0.1, 0.15) is 13.8 Å². The summed E-state index contributed by atoms with van der Waals surface area (Å²) in [6.07, 6.45) is 1.67. The Morgan fingerprint density at radius 2 is 2.25 bits per heavy atom. The van der Waals surface area contributed by atoms with Gasteiger partial charge in [-0.3, -0.25) is 0 Å². The van der Waals surface area contributed by atoms with Crippen molar-refractivity contribution in [1.82, 2.24) is 14.6 Å². The Hall–Kier alpha value is -1.82.